The van der Waals surface area contributed by atoms with E-state index in [2.05, 4.69) is 4.72 Å². The monoisotopic (exact) mass is 371 g/mol. The van der Waals surface area contributed by atoms with Crippen molar-refractivity contribution in [3.63, 3.8) is 0 Å². The topological polar surface area (TPSA) is 149 Å². The van der Waals surface area contributed by atoms with Crippen LogP contribution in [0.2, 0.25) is 0 Å². The molecule has 0 spiro atoms. The van der Waals surface area contributed by atoms with Crippen LogP contribution < -0.4 is 9.86 Å². The van der Waals surface area contributed by atoms with E-state index in [0.717, 1.165) is 18.2 Å². The quantitative estimate of drug-likeness (QED) is 0.598. The molecule has 9 nitrogen and oxygen atoms in total. The Kier molecular flexibility index (Phi) is 4.60. The molecule has 0 saturated carbocycles. The van der Waals surface area contributed by atoms with Crippen molar-refractivity contribution in [2.24, 2.45) is 5.14 Å². The van der Waals surface area contributed by atoms with Gasteiger partial charge in [0.15, 0.2) is 0 Å². The second-order valence-corrected chi connectivity index (χ2v) is 8.09. The number of nitrogens with two attached hydrogens (primary N) is 1. The highest BCUT2D eigenvalue weighted by atomic mass is 32.2. The van der Waals surface area contributed by atoms with Gasteiger partial charge in [-0.3, -0.25) is 14.8 Å². The van der Waals surface area contributed by atoms with Crippen molar-refractivity contribution in [1.29, 1.82) is 0 Å². The molecule has 0 aliphatic heterocycles. The molecular formula is C13H13N3O6S2. The van der Waals surface area contributed by atoms with Gasteiger partial charge in [0.05, 0.1) is 14.7 Å². The molecule has 0 radical (unpaired) electrons. The van der Waals surface area contributed by atoms with E-state index in [1.165, 1.54) is 31.2 Å². The molecule has 2 rings (SSSR count). The molecule has 0 unspecified atom stereocenters. The van der Waals surface area contributed by atoms with Gasteiger partial charge in [0, 0.05) is 17.8 Å². The number of benzene rings is 2. The number of nitrogens with one attached hydrogen (secondary N) is 1. The molecule has 0 heterocycles. The van der Waals surface area contributed by atoms with Crippen LogP contribution in [0.1, 0.15) is 5.56 Å². The number of primary sulfonamides is 1. The van der Waals surface area contributed by atoms with Gasteiger partial charge < -0.3 is 0 Å². The number of rotatable bonds is 5. The molecule has 0 aliphatic carbocycles. The first-order valence-corrected chi connectivity index (χ1v) is 9.44. The van der Waals surface area contributed by atoms with E-state index in [1.807, 2.05) is 0 Å². The number of nitrogens with zero attached hydrogens (tertiary/aromatic N) is 1. The van der Waals surface area contributed by atoms with Gasteiger partial charge in [-0.25, -0.2) is 22.0 Å². The second kappa shape index (κ2) is 6.19. The van der Waals surface area contributed by atoms with Crippen LogP contribution in [0.4, 0.5) is 11.4 Å². The molecule has 2 aromatic carbocycles. The molecule has 0 saturated heterocycles. The summed E-state index contributed by atoms with van der Waals surface area (Å²) in [4.78, 5) is 9.69. The Morgan fingerprint density at radius 1 is 1.04 bits per heavy atom. The van der Waals surface area contributed by atoms with Gasteiger partial charge in [0.1, 0.15) is 0 Å². The lowest BCUT2D eigenvalue weighted by Crippen LogP contribution is -2.15. The molecule has 3 N–H and O–H groups in total. The number of aryl methyl sites for hydroxylation is 1. The molecule has 128 valence electrons. The summed E-state index contributed by atoms with van der Waals surface area (Å²) in [5.41, 5.74) is 0.0631. The average molecular weight is 371 g/mol. The summed E-state index contributed by atoms with van der Waals surface area (Å²) in [5.74, 6) is 0. The van der Waals surface area contributed by atoms with E-state index in [0.29, 0.717) is 5.56 Å². The summed E-state index contributed by atoms with van der Waals surface area (Å²) < 4.78 is 49.4. The van der Waals surface area contributed by atoms with Crippen molar-refractivity contribution in [2.45, 2.75) is 16.7 Å². The van der Waals surface area contributed by atoms with Gasteiger partial charge in [-0.1, -0.05) is 6.07 Å². The van der Waals surface area contributed by atoms with Gasteiger partial charge in [-0.2, -0.15) is 0 Å². The lowest BCUT2D eigenvalue weighted by molar-refractivity contribution is -0.385. The predicted molar refractivity (Wildman–Crippen MR) is 86.5 cm³/mol. The first-order chi connectivity index (χ1) is 11.0. The van der Waals surface area contributed by atoms with Gasteiger partial charge in [-0.05, 0) is 36.8 Å². The van der Waals surface area contributed by atoms with Gasteiger partial charge in [-0.15, -0.1) is 0 Å². The van der Waals surface area contributed by atoms with Crippen LogP contribution in [0, 0.1) is 17.0 Å². The van der Waals surface area contributed by atoms with Gasteiger partial charge in [0.25, 0.3) is 15.7 Å². The number of non-ortho nitro benzene ring substituents is 1. The zero-order chi connectivity index (χ0) is 18.1. The maximum Gasteiger partial charge on any atom is 0.270 e. The minimum Gasteiger partial charge on any atom is -0.280 e. The SMILES string of the molecule is Cc1ccc([N+](=O)[O-])cc1S(=O)(=O)Nc1ccc(S(N)(=O)=O)cc1. The maximum atomic E-state index is 12.4. The Morgan fingerprint density at radius 3 is 2.12 bits per heavy atom. The van der Waals surface area contributed by atoms with Crippen LogP contribution in [0.5, 0.6) is 0 Å². The molecular weight excluding hydrogens is 358 g/mol. The van der Waals surface area contributed by atoms with Crippen LogP contribution in [-0.2, 0) is 20.0 Å². The number of anilines is 1. The highest BCUT2D eigenvalue weighted by Crippen LogP contribution is 2.24. The summed E-state index contributed by atoms with van der Waals surface area (Å²) in [6.45, 7) is 1.50. The first-order valence-electron chi connectivity index (χ1n) is 6.41. The molecule has 2 aromatic rings. The molecule has 0 amide bonds. The Labute approximate surface area is 138 Å². The summed E-state index contributed by atoms with van der Waals surface area (Å²) in [6, 6.07) is 8.23. The minimum atomic E-state index is -4.08. The standard InChI is InChI=1S/C13H13N3O6S2/c1-9-2-5-11(16(17)18)8-13(9)24(21,22)15-10-3-6-12(7-4-10)23(14,19)20/h2-8,15H,1H3,(H2,14,19,20). The van der Waals surface area contributed by atoms with Gasteiger partial charge in [0.2, 0.25) is 10.0 Å². The van der Waals surface area contributed by atoms with E-state index in [-0.39, 0.29) is 21.2 Å². The van der Waals surface area contributed by atoms with E-state index >= 15 is 0 Å². The third-order valence-electron chi connectivity index (χ3n) is 3.11. The highest BCUT2D eigenvalue weighted by molar-refractivity contribution is 7.92. The van der Waals surface area contributed by atoms with Crippen molar-refractivity contribution in [2.75, 3.05) is 4.72 Å². The number of hydrogen-bond acceptors (Lipinski definition) is 6. The van der Waals surface area contributed by atoms with Crippen LogP contribution in [0.25, 0.3) is 0 Å². The highest BCUT2D eigenvalue weighted by Gasteiger charge is 2.21. The average Bonchev–Trinajstić information content (AvgIpc) is 2.46. The summed E-state index contributed by atoms with van der Waals surface area (Å²) in [7, 11) is -7.97. The lowest BCUT2D eigenvalue weighted by atomic mass is 10.2. The number of sulfonamides is 2. The second-order valence-electron chi connectivity index (χ2n) is 4.88. The van der Waals surface area contributed by atoms with Crippen LogP contribution >= 0.6 is 0 Å². The smallest absolute Gasteiger partial charge is 0.270 e. The fourth-order valence-corrected chi connectivity index (χ4v) is 3.75. The van der Waals surface area contributed by atoms with Crippen LogP contribution in [-0.4, -0.2) is 21.8 Å². The summed E-state index contributed by atoms with van der Waals surface area (Å²) in [5, 5.41) is 15.8. The molecule has 11 heteroatoms. The third kappa shape index (κ3) is 3.88. The van der Waals surface area contributed by atoms with Crippen LogP contribution in [0.3, 0.4) is 0 Å². The minimum absolute atomic E-state index is 0.0910. The zero-order valence-electron chi connectivity index (χ0n) is 12.3. The molecule has 0 aromatic heterocycles. The third-order valence-corrected chi connectivity index (χ3v) is 5.56. The first kappa shape index (κ1) is 17.8. The summed E-state index contributed by atoms with van der Waals surface area (Å²) >= 11 is 0. The predicted octanol–water partition coefficient (Wildman–Crippen LogP) is 1.35. The molecule has 24 heavy (non-hydrogen) atoms. The fourth-order valence-electron chi connectivity index (χ4n) is 1.91. The summed E-state index contributed by atoms with van der Waals surface area (Å²) in [6.07, 6.45) is 0. The molecule has 0 fully saturated rings. The molecule has 0 bridgehead atoms. The van der Waals surface area contributed by atoms with Crippen molar-refractivity contribution >= 4 is 31.4 Å². The van der Waals surface area contributed by atoms with E-state index in [1.54, 1.807) is 0 Å². The fraction of sp³-hybridized carbons (Fsp3) is 0.0769. The van der Waals surface area contributed by atoms with Crippen LogP contribution in [0.15, 0.2) is 52.3 Å². The largest absolute Gasteiger partial charge is 0.280 e. The van der Waals surface area contributed by atoms with E-state index in [9.17, 15) is 26.9 Å². The number of hydrogen-bond donors (Lipinski definition) is 2. The van der Waals surface area contributed by atoms with Crippen molar-refractivity contribution in [1.82, 2.24) is 0 Å². The normalized spacial score (nSPS) is 11.9. The van der Waals surface area contributed by atoms with Crippen molar-refractivity contribution in [3.05, 3.63) is 58.1 Å². The Balaban J connectivity index is 2.39. The maximum absolute atomic E-state index is 12.4. The van der Waals surface area contributed by atoms with Crippen molar-refractivity contribution in [3.8, 4) is 0 Å². The van der Waals surface area contributed by atoms with E-state index in [4.69, 9.17) is 5.14 Å². The lowest BCUT2D eigenvalue weighted by Gasteiger charge is -2.10. The molecule has 0 atom stereocenters. The number of nitro groups is 1. The Bertz CT molecular complexity index is 999. The van der Waals surface area contributed by atoms with Gasteiger partial charge >= 0.3 is 0 Å². The number of nitro benzene ring substituents is 1. The zero-order valence-corrected chi connectivity index (χ0v) is 14.0. The molecule has 0 aliphatic rings. The van der Waals surface area contributed by atoms with E-state index < -0.39 is 25.0 Å². The Hall–Kier alpha value is -2.50. The van der Waals surface area contributed by atoms with Crippen molar-refractivity contribution < 1.29 is 21.8 Å². The Morgan fingerprint density at radius 2 is 1.62 bits per heavy atom.